The van der Waals surface area contributed by atoms with Gasteiger partial charge in [-0.25, -0.2) is 9.78 Å². The number of ketones is 1. The third-order valence-electron chi connectivity index (χ3n) is 4.08. The van der Waals surface area contributed by atoms with Gasteiger partial charge in [0.1, 0.15) is 11.6 Å². The molecule has 0 saturated carbocycles. The maximum Gasteiger partial charge on any atom is 0.410 e. The van der Waals surface area contributed by atoms with Gasteiger partial charge in [-0.2, -0.15) is 4.98 Å². The third kappa shape index (κ3) is 6.59. The van der Waals surface area contributed by atoms with Gasteiger partial charge in [-0.3, -0.25) is 9.16 Å². The van der Waals surface area contributed by atoms with Crippen molar-refractivity contribution in [2.24, 2.45) is 4.36 Å². The SMILES string of the molecule is CCOC(=O)N=[S-](=O)c1ccc(Nc2ncc(-c3cccs3)c(NCCC(C)=O)n2)cc1. The number of amides is 1. The second-order valence-electron chi connectivity index (χ2n) is 6.50. The predicted octanol–water partition coefficient (Wildman–Crippen LogP) is 5.00. The molecule has 32 heavy (non-hydrogen) atoms. The fourth-order valence-electron chi connectivity index (χ4n) is 2.60. The number of benzene rings is 1. The highest BCUT2D eigenvalue weighted by atomic mass is 32.2. The lowest BCUT2D eigenvalue weighted by Gasteiger charge is -2.12. The van der Waals surface area contributed by atoms with E-state index < -0.39 is 16.7 Å². The van der Waals surface area contributed by atoms with E-state index in [0.717, 1.165) is 10.4 Å². The number of carbonyl (C=O) groups excluding carboxylic acids is 2. The lowest BCUT2D eigenvalue weighted by Crippen LogP contribution is -2.09. The molecule has 0 aliphatic carbocycles. The number of thiophene rings is 1. The van der Waals surface area contributed by atoms with E-state index in [1.54, 1.807) is 55.6 Å². The number of Topliss-reactive ketones (excluding diaryl/α,β-unsaturated/α-hetero) is 1. The lowest BCUT2D eigenvalue weighted by molar-refractivity contribution is -0.116. The summed E-state index contributed by atoms with van der Waals surface area (Å²) < 4.78 is 20.3. The highest BCUT2D eigenvalue weighted by molar-refractivity contribution is 7.75. The first kappa shape index (κ1) is 23.4. The molecule has 0 atom stereocenters. The Morgan fingerprint density at radius 2 is 2.00 bits per heavy atom. The van der Waals surface area contributed by atoms with Gasteiger partial charge in [-0.1, -0.05) is 23.1 Å². The third-order valence-corrected chi connectivity index (χ3v) is 5.98. The highest BCUT2D eigenvalue weighted by Crippen LogP contribution is 2.31. The molecule has 1 aromatic carbocycles. The molecule has 0 aliphatic heterocycles. The number of carbonyl (C=O) groups is 2. The summed E-state index contributed by atoms with van der Waals surface area (Å²) in [5.74, 6) is 1.08. The van der Waals surface area contributed by atoms with E-state index in [9.17, 15) is 13.8 Å². The van der Waals surface area contributed by atoms with E-state index in [1.807, 2.05) is 17.5 Å². The van der Waals surface area contributed by atoms with E-state index in [0.29, 0.717) is 35.3 Å². The van der Waals surface area contributed by atoms with Gasteiger partial charge in [0.15, 0.2) is 0 Å². The average molecular weight is 473 g/mol. The van der Waals surface area contributed by atoms with Crippen LogP contribution in [0.3, 0.4) is 0 Å². The van der Waals surface area contributed by atoms with Gasteiger partial charge in [-0.15, -0.1) is 21.9 Å². The Morgan fingerprint density at radius 3 is 2.66 bits per heavy atom. The predicted molar refractivity (Wildman–Crippen MR) is 125 cm³/mol. The van der Waals surface area contributed by atoms with Crippen LogP contribution in [0.2, 0.25) is 0 Å². The van der Waals surface area contributed by atoms with Crippen LogP contribution in [-0.4, -0.2) is 35.0 Å². The number of hydrogen-bond donors (Lipinski definition) is 2. The number of hydrogen-bond acceptors (Lipinski definition) is 10. The monoisotopic (exact) mass is 472 g/mol. The van der Waals surface area contributed by atoms with Crippen LogP contribution < -0.4 is 10.6 Å². The fourth-order valence-corrected chi connectivity index (χ4v) is 4.00. The molecule has 0 radical (unpaired) electrons. The minimum atomic E-state index is -1.85. The van der Waals surface area contributed by atoms with Crippen molar-refractivity contribution in [1.29, 1.82) is 0 Å². The molecule has 3 aromatic rings. The Kier molecular flexibility index (Phi) is 8.28. The fraction of sp³-hybridized carbons (Fsp3) is 0.238. The van der Waals surface area contributed by atoms with Crippen LogP contribution in [0.5, 0.6) is 0 Å². The first-order valence-electron chi connectivity index (χ1n) is 9.78. The molecule has 2 heterocycles. The zero-order valence-electron chi connectivity index (χ0n) is 17.5. The summed E-state index contributed by atoms with van der Waals surface area (Å²) in [6.07, 6.45) is 1.25. The van der Waals surface area contributed by atoms with Gasteiger partial charge in [0, 0.05) is 29.7 Å². The second kappa shape index (κ2) is 11.3. The van der Waals surface area contributed by atoms with Gasteiger partial charge < -0.3 is 19.6 Å². The minimum absolute atomic E-state index is 0.0924. The summed E-state index contributed by atoms with van der Waals surface area (Å²) in [5, 5.41) is 8.28. The van der Waals surface area contributed by atoms with Gasteiger partial charge in [0.25, 0.3) is 0 Å². The van der Waals surface area contributed by atoms with Crippen molar-refractivity contribution in [2.75, 3.05) is 23.8 Å². The second-order valence-corrected chi connectivity index (χ2v) is 8.60. The van der Waals surface area contributed by atoms with Crippen molar-refractivity contribution < 1.29 is 18.5 Å². The zero-order valence-corrected chi connectivity index (χ0v) is 19.2. The standard InChI is InChI=1S/C21H22N5O4S2/c1-3-30-21(28)26-32(29)16-8-6-15(7-9-16)24-20-23-13-17(18-5-4-12-31-18)19(25-20)22-11-10-14(2)27/h4-9,12-13H,3,10-11H2,1-2H3,(H2,22,23,24,25)/q-1. The van der Waals surface area contributed by atoms with Gasteiger partial charge in [-0.05, 0) is 37.4 Å². The average Bonchev–Trinajstić information content (AvgIpc) is 3.29. The van der Waals surface area contributed by atoms with Crippen molar-refractivity contribution in [1.82, 2.24) is 9.97 Å². The summed E-state index contributed by atoms with van der Waals surface area (Å²) in [5.41, 5.74) is 1.51. The number of rotatable bonds is 9. The molecule has 0 fully saturated rings. The molecule has 11 heteroatoms. The molecule has 9 nitrogen and oxygen atoms in total. The number of nitrogens with zero attached hydrogens (tertiary/aromatic N) is 3. The van der Waals surface area contributed by atoms with Gasteiger partial charge in [0.2, 0.25) is 5.95 Å². The molecule has 0 aliphatic rings. The molecule has 0 saturated heterocycles. The van der Waals surface area contributed by atoms with Crippen molar-refractivity contribution in [3.05, 3.63) is 48.0 Å². The maximum atomic E-state index is 12.1. The number of ether oxygens (including phenoxy) is 1. The Bertz CT molecular complexity index is 1160. The molecule has 0 spiro atoms. The smallest absolute Gasteiger partial charge is 0.410 e. The van der Waals surface area contributed by atoms with Crippen molar-refractivity contribution in [3.63, 3.8) is 0 Å². The van der Waals surface area contributed by atoms with Gasteiger partial charge >= 0.3 is 6.09 Å². The topological polar surface area (TPSA) is 123 Å². The molecular weight excluding hydrogens is 450 g/mol. The summed E-state index contributed by atoms with van der Waals surface area (Å²) in [6, 6.07) is 10.5. The van der Waals surface area contributed by atoms with E-state index in [4.69, 9.17) is 0 Å². The lowest BCUT2D eigenvalue weighted by atomic mass is 10.2. The van der Waals surface area contributed by atoms with E-state index in [2.05, 4.69) is 29.7 Å². The summed E-state index contributed by atoms with van der Waals surface area (Å²) in [7, 11) is -1.85. The Morgan fingerprint density at radius 1 is 1.22 bits per heavy atom. The van der Waals surface area contributed by atoms with Crippen LogP contribution in [0, 0.1) is 0 Å². The molecule has 168 valence electrons. The summed E-state index contributed by atoms with van der Waals surface area (Å²) >= 11 is 1.57. The van der Waals surface area contributed by atoms with E-state index in [1.165, 1.54) is 0 Å². The van der Waals surface area contributed by atoms with Crippen LogP contribution in [0.25, 0.3) is 10.4 Å². The quantitative estimate of drug-likeness (QED) is 0.417. The van der Waals surface area contributed by atoms with Crippen LogP contribution in [0.4, 0.5) is 22.2 Å². The summed E-state index contributed by atoms with van der Waals surface area (Å²) in [4.78, 5) is 33.0. The molecule has 2 aromatic heterocycles. The molecule has 3 rings (SSSR count). The Labute approximate surface area is 191 Å². The molecule has 1 amide bonds. The minimum Gasteiger partial charge on any atom is -0.450 e. The first-order valence-corrected chi connectivity index (χ1v) is 11.8. The summed E-state index contributed by atoms with van der Waals surface area (Å²) in [6.45, 7) is 3.83. The highest BCUT2D eigenvalue weighted by Gasteiger charge is 2.11. The molecule has 2 N–H and O–H groups in total. The Hall–Kier alpha value is -3.31. The largest absolute Gasteiger partial charge is 0.450 e. The molecular formula is C21H22N5O4S2-. The van der Waals surface area contributed by atoms with Crippen LogP contribution >= 0.6 is 11.3 Å². The van der Waals surface area contributed by atoms with Crippen molar-refractivity contribution in [2.45, 2.75) is 25.2 Å². The van der Waals surface area contributed by atoms with Crippen molar-refractivity contribution >= 4 is 51.3 Å². The maximum absolute atomic E-state index is 12.1. The van der Waals surface area contributed by atoms with Gasteiger partial charge in [0.05, 0.1) is 12.2 Å². The molecule has 0 bridgehead atoms. The normalized spacial score (nSPS) is 11.7. The number of aromatic nitrogens is 2. The van der Waals surface area contributed by atoms with E-state index in [-0.39, 0.29) is 12.4 Å². The van der Waals surface area contributed by atoms with Crippen molar-refractivity contribution in [3.8, 4) is 10.4 Å². The number of anilines is 3. The zero-order chi connectivity index (χ0) is 22.9. The van der Waals surface area contributed by atoms with Crippen LogP contribution in [0.1, 0.15) is 20.3 Å². The Balaban J connectivity index is 1.77. The number of nitrogens with one attached hydrogen (secondary N) is 2. The van der Waals surface area contributed by atoms with Crippen LogP contribution in [-0.2, 0) is 24.3 Å². The first-order chi connectivity index (χ1) is 15.5. The molecule has 0 unspecified atom stereocenters. The van der Waals surface area contributed by atoms with E-state index >= 15 is 0 Å². The van der Waals surface area contributed by atoms with Crippen LogP contribution in [0.15, 0.2) is 57.2 Å².